The van der Waals surface area contributed by atoms with E-state index in [0.29, 0.717) is 0 Å². The largest absolute Gasteiger partial charge is 0.497 e. The topological polar surface area (TPSA) is 70.2 Å². The van der Waals surface area contributed by atoms with Crippen molar-refractivity contribution in [2.45, 2.75) is 30.7 Å². The summed E-state index contributed by atoms with van der Waals surface area (Å²) in [6.07, 6.45) is 6.14. The zero-order chi connectivity index (χ0) is 24.4. The van der Waals surface area contributed by atoms with Gasteiger partial charge in [0.05, 0.1) is 23.7 Å². The number of fused-ring (bicyclic) bond motifs is 4. The molecule has 3 aliphatic rings. The van der Waals surface area contributed by atoms with Crippen LogP contribution >= 0.6 is 0 Å². The Bertz CT molecular complexity index is 1570. The molecule has 1 aliphatic carbocycles. The van der Waals surface area contributed by atoms with Gasteiger partial charge >= 0.3 is 0 Å². The third-order valence-corrected chi connectivity index (χ3v) is 8.21. The smallest absolute Gasteiger partial charge is 0.235 e. The predicted molar refractivity (Wildman–Crippen MR) is 142 cm³/mol. The number of anilines is 1. The average molecular weight is 477 g/mol. The number of nitrogens with zero attached hydrogens (tertiary/aromatic N) is 2. The van der Waals surface area contributed by atoms with E-state index in [2.05, 4.69) is 76.0 Å². The second-order valence-electron chi connectivity index (χ2n) is 10.4. The summed E-state index contributed by atoms with van der Waals surface area (Å²) in [4.78, 5) is 15.4. The van der Waals surface area contributed by atoms with Crippen molar-refractivity contribution < 1.29 is 9.53 Å². The second-order valence-corrected chi connectivity index (χ2v) is 10.4. The van der Waals surface area contributed by atoms with Crippen LogP contribution in [0.3, 0.4) is 0 Å². The van der Waals surface area contributed by atoms with E-state index in [1.807, 2.05) is 18.2 Å². The Hall–Kier alpha value is -3.90. The van der Waals surface area contributed by atoms with Crippen LogP contribution in [0.1, 0.15) is 45.8 Å². The molecule has 1 saturated carbocycles. The Balaban J connectivity index is 1.16. The van der Waals surface area contributed by atoms with E-state index in [-0.39, 0.29) is 11.8 Å². The van der Waals surface area contributed by atoms with Crippen LogP contribution in [0.4, 0.5) is 5.69 Å². The number of carbonyl (C=O) groups excluding carboxylic acids is 1. The highest BCUT2D eigenvalue weighted by Gasteiger charge is 2.65. The fraction of sp³-hybridized carbons (Fsp3) is 0.267. The molecule has 36 heavy (non-hydrogen) atoms. The Morgan fingerprint density at radius 3 is 2.89 bits per heavy atom. The minimum Gasteiger partial charge on any atom is -0.497 e. The summed E-state index contributed by atoms with van der Waals surface area (Å²) in [5, 5.41) is 11.9. The van der Waals surface area contributed by atoms with Gasteiger partial charge in [0.15, 0.2) is 0 Å². The van der Waals surface area contributed by atoms with Crippen LogP contribution in [0.15, 0.2) is 54.6 Å². The summed E-state index contributed by atoms with van der Waals surface area (Å²) >= 11 is 0. The minimum atomic E-state index is -0.499. The van der Waals surface area contributed by atoms with Crippen molar-refractivity contribution in [3.8, 4) is 5.75 Å². The number of hydrogen-bond donors (Lipinski definition) is 2. The molecule has 1 aromatic heterocycles. The summed E-state index contributed by atoms with van der Waals surface area (Å²) in [6.45, 7) is 2.12. The quantitative estimate of drug-likeness (QED) is 0.430. The first-order valence-electron chi connectivity index (χ1n) is 12.5. The lowest BCUT2D eigenvalue weighted by atomic mass is 9.91. The van der Waals surface area contributed by atoms with Gasteiger partial charge in [-0.3, -0.25) is 9.89 Å². The highest BCUT2D eigenvalue weighted by molar-refractivity contribution is 6.10. The monoisotopic (exact) mass is 476 g/mol. The van der Waals surface area contributed by atoms with Crippen LogP contribution < -0.4 is 10.1 Å². The molecule has 0 radical (unpaired) electrons. The fourth-order valence-electron chi connectivity index (χ4n) is 6.10. The molecule has 3 aromatic carbocycles. The van der Waals surface area contributed by atoms with Crippen molar-refractivity contribution in [3.05, 3.63) is 88.1 Å². The van der Waals surface area contributed by atoms with E-state index >= 15 is 0 Å². The van der Waals surface area contributed by atoms with Gasteiger partial charge in [-0.1, -0.05) is 36.4 Å². The zero-order valence-corrected chi connectivity index (χ0v) is 20.5. The Morgan fingerprint density at radius 2 is 2.00 bits per heavy atom. The highest BCUT2D eigenvalue weighted by atomic mass is 16.5. The van der Waals surface area contributed by atoms with Gasteiger partial charge in [0, 0.05) is 30.1 Å². The Kier molecular flexibility index (Phi) is 4.63. The molecule has 0 saturated heterocycles. The number of likely N-dealkylation sites (N-methyl/N-ethyl adjacent to an activating group) is 1. The van der Waals surface area contributed by atoms with Crippen molar-refractivity contribution in [1.29, 1.82) is 0 Å². The maximum Gasteiger partial charge on any atom is 0.235 e. The lowest BCUT2D eigenvalue weighted by Crippen LogP contribution is -2.26. The van der Waals surface area contributed by atoms with E-state index in [1.54, 1.807) is 7.11 Å². The summed E-state index contributed by atoms with van der Waals surface area (Å²) < 4.78 is 5.42. The summed E-state index contributed by atoms with van der Waals surface area (Å²) in [5.41, 5.74) is 8.57. The predicted octanol–water partition coefficient (Wildman–Crippen LogP) is 5.11. The molecule has 2 atom stereocenters. The van der Waals surface area contributed by atoms with Crippen LogP contribution in [0.25, 0.3) is 23.1 Å². The van der Waals surface area contributed by atoms with Crippen molar-refractivity contribution >= 4 is 34.6 Å². The first-order valence-corrected chi connectivity index (χ1v) is 12.5. The maximum atomic E-state index is 13.0. The summed E-state index contributed by atoms with van der Waals surface area (Å²) in [7, 11) is 3.83. The highest BCUT2D eigenvalue weighted by Crippen LogP contribution is 2.65. The molecule has 1 spiro atoms. The molecule has 0 unspecified atom stereocenters. The molecule has 7 rings (SSSR count). The van der Waals surface area contributed by atoms with Crippen molar-refractivity contribution in [2.75, 3.05) is 26.0 Å². The van der Waals surface area contributed by atoms with Crippen molar-refractivity contribution in [1.82, 2.24) is 15.1 Å². The molecule has 1 fully saturated rings. The van der Waals surface area contributed by atoms with Crippen LogP contribution in [-0.4, -0.2) is 41.7 Å². The van der Waals surface area contributed by atoms with Crippen LogP contribution in [0.2, 0.25) is 0 Å². The standard InChI is InChI=1S/C30H28N4O2/c1-34-12-11-19-5-3-18(13-21(19)17-34)4-9-26-23-8-6-20(14-28(23)33-32-26)25-16-30(25)24-15-22(36-2)7-10-27(24)31-29(30)35/h3-10,13-15,25H,11-12,16-17H2,1-2H3,(H,31,35)(H,32,33)/t25-,30-/m0/s1. The molecule has 180 valence electrons. The number of ether oxygens (including phenoxy) is 1. The second kappa shape index (κ2) is 7.80. The lowest BCUT2D eigenvalue weighted by Gasteiger charge is -2.25. The molecule has 3 heterocycles. The Morgan fingerprint density at radius 1 is 1.08 bits per heavy atom. The molecule has 4 aromatic rings. The summed E-state index contributed by atoms with van der Waals surface area (Å²) in [6, 6.07) is 19.0. The number of carbonyl (C=O) groups is 1. The van der Waals surface area contributed by atoms with Gasteiger partial charge in [-0.2, -0.15) is 5.10 Å². The number of methoxy groups -OCH3 is 1. The van der Waals surface area contributed by atoms with Crippen molar-refractivity contribution in [2.24, 2.45) is 0 Å². The minimum absolute atomic E-state index is 0.0836. The van der Waals surface area contributed by atoms with E-state index in [0.717, 1.165) is 65.1 Å². The average Bonchev–Trinajstić information content (AvgIpc) is 3.43. The van der Waals surface area contributed by atoms with Crippen LogP contribution in [0.5, 0.6) is 5.75 Å². The first kappa shape index (κ1) is 21.4. The summed E-state index contributed by atoms with van der Waals surface area (Å²) in [5.74, 6) is 1.01. The van der Waals surface area contributed by atoms with Gasteiger partial charge in [-0.25, -0.2) is 0 Å². The number of aromatic amines is 1. The normalized spacial score (nSPS) is 22.7. The third kappa shape index (κ3) is 3.21. The maximum absolute atomic E-state index is 13.0. The van der Waals surface area contributed by atoms with E-state index in [9.17, 15) is 4.79 Å². The van der Waals surface area contributed by atoms with Crippen LogP contribution in [0, 0.1) is 0 Å². The SMILES string of the molecule is COc1ccc2c(c1)[C@]1(C[C@H]1c1ccc3c(C=Cc4ccc5c(c4)CN(C)CC5)n[nH]c3c1)C(=O)N2. The lowest BCUT2D eigenvalue weighted by molar-refractivity contribution is -0.118. The van der Waals surface area contributed by atoms with E-state index in [4.69, 9.17) is 4.74 Å². The van der Waals surface area contributed by atoms with Crippen molar-refractivity contribution in [3.63, 3.8) is 0 Å². The van der Waals surface area contributed by atoms with Gasteiger partial charge < -0.3 is 15.0 Å². The molecular weight excluding hydrogens is 448 g/mol. The molecule has 6 nitrogen and oxygen atoms in total. The molecule has 1 amide bonds. The molecular formula is C30H28N4O2. The number of hydrogen-bond acceptors (Lipinski definition) is 4. The number of benzene rings is 3. The van der Waals surface area contributed by atoms with Gasteiger partial charge in [0.1, 0.15) is 5.75 Å². The third-order valence-electron chi connectivity index (χ3n) is 8.21. The Labute approximate surface area is 210 Å². The number of amides is 1. The zero-order valence-electron chi connectivity index (χ0n) is 20.5. The molecule has 2 N–H and O–H groups in total. The molecule has 6 heteroatoms. The van der Waals surface area contributed by atoms with E-state index in [1.165, 1.54) is 16.7 Å². The molecule has 2 aliphatic heterocycles. The van der Waals surface area contributed by atoms with Gasteiger partial charge in [0.25, 0.3) is 0 Å². The van der Waals surface area contributed by atoms with Crippen LogP contribution in [-0.2, 0) is 23.2 Å². The number of H-pyrrole nitrogens is 1. The van der Waals surface area contributed by atoms with E-state index < -0.39 is 5.41 Å². The van der Waals surface area contributed by atoms with Gasteiger partial charge in [0.2, 0.25) is 5.91 Å². The number of nitrogens with one attached hydrogen (secondary N) is 2. The first-order chi connectivity index (χ1) is 17.5. The van der Waals surface area contributed by atoms with Gasteiger partial charge in [-0.15, -0.1) is 0 Å². The molecule has 0 bridgehead atoms. The number of rotatable bonds is 4. The van der Waals surface area contributed by atoms with Gasteiger partial charge in [-0.05, 0) is 78.0 Å². The fourth-order valence-corrected chi connectivity index (χ4v) is 6.10. The number of aromatic nitrogens is 2.